The molecular weight excluding hydrogens is 273 g/mol. The summed E-state index contributed by atoms with van der Waals surface area (Å²) in [6, 6.07) is 11.3. The molecule has 4 nitrogen and oxygen atoms in total. The number of hydrogen-bond acceptors (Lipinski definition) is 3. The Morgan fingerprint density at radius 1 is 1.14 bits per heavy atom. The molecule has 110 valence electrons. The first-order valence-corrected chi connectivity index (χ1v) is 6.38. The van der Waals surface area contributed by atoms with Gasteiger partial charge in [0.1, 0.15) is 19.5 Å². The minimum absolute atomic E-state index is 0.280. The second-order valence-electron chi connectivity index (χ2n) is 4.50. The number of halogens is 1. The average Bonchev–Trinajstić information content (AvgIpc) is 2.47. The third-order valence-electron chi connectivity index (χ3n) is 2.83. The van der Waals surface area contributed by atoms with Crippen LogP contribution in [-0.2, 0) is 6.61 Å². The van der Waals surface area contributed by atoms with Crippen molar-refractivity contribution < 1.29 is 18.6 Å². The normalized spacial score (nSPS) is 11.3. The van der Waals surface area contributed by atoms with Gasteiger partial charge in [0.05, 0.1) is 7.11 Å². The molecule has 0 atom stereocenters. The van der Waals surface area contributed by atoms with E-state index in [1.807, 2.05) is 0 Å². The Labute approximate surface area is 122 Å². The molecule has 0 saturated heterocycles. The number of hydroxylamine groups is 1. The standard InChI is InChI=1S/C16H16FNO3/c1-18(19)10-13-5-8-15(16(9-13)20-2)21-11-12-3-6-14(17)7-4-12/h3-10H,11H2,1-2H3/b18-10+. The van der Waals surface area contributed by atoms with Crippen LogP contribution in [-0.4, -0.2) is 25.1 Å². The molecule has 0 aliphatic heterocycles. The molecule has 2 aromatic carbocycles. The summed E-state index contributed by atoms with van der Waals surface area (Å²) >= 11 is 0. The molecule has 2 rings (SSSR count). The van der Waals surface area contributed by atoms with E-state index in [2.05, 4.69) is 0 Å². The predicted octanol–water partition coefficient (Wildman–Crippen LogP) is 2.97. The summed E-state index contributed by atoms with van der Waals surface area (Å²) in [6.45, 7) is 0.307. The molecule has 0 spiro atoms. The average molecular weight is 289 g/mol. The van der Waals surface area contributed by atoms with Crippen LogP contribution in [0.25, 0.3) is 0 Å². The van der Waals surface area contributed by atoms with E-state index >= 15 is 0 Å². The molecule has 0 amide bonds. The van der Waals surface area contributed by atoms with Crippen molar-refractivity contribution in [2.75, 3.05) is 14.2 Å². The van der Waals surface area contributed by atoms with E-state index in [9.17, 15) is 9.60 Å². The second kappa shape index (κ2) is 6.74. The fourth-order valence-corrected chi connectivity index (χ4v) is 1.84. The Kier molecular flexibility index (Phi) is 4.77. The van der Waals surface area contributed by atoms with Crippen LogP contribution in [0.15, 0.2) is 42.5 Å². The zero-order valence-corrected chi connectivity index (χ0v) is 11.9. The van der Waals surface area contributed by atoms with Crippen molar-refractivity contribution in [3.05, 3.63) is 64.6 Å². The zero-order valence-electron chi connectivity index (χ0n) is 11.9. The van der Waals surface area contributed by atoms with Gasteiger partial charge in [0.15, 0.2) is 17.7 Å². The van der Waals surface area contributed by atoms with Crippen molar-refractivity contribution in [2.24, 2.45) is 0 Å². The first-order valence-electron chi connectivity index (χ1n) is 6.38. The van der Waals surface area contributed by atoms with Gasteiger partial charge in [-0.2, -0.15) is 0 Å². The molecule has 0 fully saturated rings. The highest BCUT2D eigenvalue weighted by molar-refractivity contribution is 5.77. The van der Waals surface area contributed by atoms with E-state index in [-0.39, 0.29) is 5.82 Å². The summed E-state index contributed by atoms with van der Waals surface area (Å²) in [7, 11) is 2.94. The van der Waals surface area contributed by atoms with Crippen LogP contribution in [0.2, 0.25) is 0 Å². The Bertz CT molecular complexity index is 634. The molecule has 2 aromatic rings. The van der Waals surface area contributed by atoms with Gasteiger partial charge in [0.25, 0.3) is 0 Å². The highest BCUT2D eigenvalue weighted by Crippen LogP contribution is 2.28. The maximum absolute atomic E-state index is 12.8. The first kappa shape index (κ1) is 14.8. The van der Waals surface area contributed by atoms with Crippen LogP contribution in [0.3, 0.4) is 0 Å². The van der Waals surface area contributed by atoms with Crippen LogP contribution in [0.4, 0.5) is 4.39 Å². The summed E-state index contributed by atoms with van der Waals surface area (Å²) in [5, 5.41) is 11.0. The van der Waals surface area contributed by atoms with Crippen LogP contribution >= 0.6 is 0 Å². The fraction of sp³-hybridized carbons (Fsp3) is 0.188. The Hall–Kier alpha value is -2.56. The van der Waals surface area contributed by atoms with Crippen LogP contribution in [0.5, 0.6) is 11.5 Å². The molecule has 0 aliphatic rings. The van der Waals surface area contributed by atoms with Crippen molar-refractivity contribution in [1.29, 1.82) is 0 Å². The van der Waals surface area contributed by atoms with E-state index in [0.29, 0.717) is 22.8 Å². The van der Waals surface area contributed by atoms with Gasteiger partial charge in [-0.25, -0.2) is 9.13 Å². The lowest BCUT2D eigenvalue weighted by atomic mass is 10.2. The van der Waals surface area contributed by atoms with E-state index in [1.54, 1.807) is 30.3 Å². The minimum Gasteiger partial charge on any atom is -0.624 e. The van der Waals surface area contributed by atoms with Gasteiger partial charge in [0.2, 0.25) is 0 Å². The maximum atomic E-state index is 12.8. The maximum Gasteiger partial charge on any atom is 0.181 e. The van der Waals surface area contributed by atoms with Gasteiger partial charge in [0, 0.05) is 5.56 Å². The quantitative estimate of drug-likeness (QED) is 0.368. The number of benzene rings is 2. The highest BCUT2D eigenvalue weighted by atomic mass is 19.1. The molecule has 0 heterocycles. The second-order valence-corrected chi connectivity index (χ2v) is 4.50. The van der Waals surface area contributed by atoms with E-state index in [1.165, 1.54) is 32.5 Å². The molecule has 0 N–H and O–H groups in total. The monoisotopic (exact) mass is 289 g/mol. The lowest BCUT2D eigenvalue weighted by Crippen LogP contribution is -2.00. The molecule has 0 unspecified atom stereocenters. The largest absolute Gasteiger partial charge is 0.624 e. The Morgan fingerprint density at radius 2 is 1.86 bits per heavy atom. The van der Waals surface area contributed by atoms with Gasteiger partial charge in [-0.05, 0) is 35.9 Å². The predicted molar refractivity (Wildman–Crippen MR) is 78.4 cm³/mol. The SMILES string of the molecule is COc1cc(/C=[N+](\C)[O-])ccc1OCc1ccc(F)cc1. The van der Waals surface area contributed by atoms with Crippen molar-refractivity contribution in [1.82, 2.24) is 0 Å². The lowest BCUT2D eigenvalue weighted by molar-refractivity contribution is -0.416. The van der Waals surface area contributed by atoms with E-state index < -0.39 is 0 Å². The molecule has 0 saturated carbocycles. The van der Waals surface area contributed by atoms with Crippen LogP contribution in [0, 0.1) is 11.0 Å². The number of nitrogens with zero attached hydrogens (tertiary/aromatic N) is 1. The van der Waals surface area contributed by atoms with Gasteiger partial charge in [-0.15, -0.1) is 0 Å². The summed E-state index contributed by atoms with van der Waals surface area (Å²) in [4.78, 5) is 0. The van der Waals surface area contributed by atoms with E-state index in [0.717, 1.165) is 11.1 Å². The first-order chi connectivity index (χ1) is 10.1. The smallest absolute Gasteiger partial charge is 0.181 e. The number of rotatable bonds is 5. The van der Waals surface area contributed by atoms with Crippen molar-refractivity contribution in [3.8, 4) is 11.5 Å². The number of ether oxygens (including phenoxy) is 2. The van der Waals surface area contributed by atoms with Crippen molar-refractivity contribution in [2.45, 2.75) is 6.61 Å². The van der Waals surface area contributed by atoms with Crippen LogP contribution < -0.4 is 9.47 Å². The molecule has 0 bridgehead atoms. The summed E-state index contributed by atoms with van der Waals surface area (Å²) in [5.41, 5.74) is 1.58. The summed E-state index contributed by atoms with van der Waals surface area (Å²) in [5.74, 6) is 0.818. The third kappa shape index (κ3) is 4.21. The third-order valence-corrected chi connectivity index (χ3v) is 2.83. The summed E-state index contributed by atoms with van der Waals surface area (Å²) in [6.07, 6.45) is 1.44. The zero-order chi connectivity index (χ0) is 15.2. The molecule has 0 radical (unpaired) electrons. The van der Waals surface area contributed by atoms with Crippen LogP contribution in [0.1, 0.15) is 11.1 Å². The van der Waals surface area contributed by atoms with Gasteiger partial charge in [-0.3, -0.25) is 0 Å². The lowest BCUT2D eigenvalue weighted by Gasteiger charge is -2.11. The molecule has 5 heteroatoms. The topological polar surface area (TPSA) is 44.5 Å². The number of methoxy groups -OCH3 is 1. The Morgan fingerprint density at radius 3 is 2.48 bits per heavy atom. The molecule has 0 aliphatic carbocycles. The Balaban J connectivity index is 2.12. The van der Waals surface area contributed by atoms with Crippen molar-refractivity contribution in [3.63, 3.8) is 0 Å². The van der Waals surface area contributed by atoms with Gasteiger partial charge >= 0.3 is 0 Å². The van der Waals surface area contributed by atoms with Gasteiger partial charge in [-0.1, -0.05) is 12.1 Å². The molecule has 21 heavy (non-hydrogen) atoms. The number of hydrogen-bond donors (Lipinski definition) is 0. The molecular formula is C16H16FNO3. The highest BCUT2D eigenvalue weighted by Gasteiger charge is 2.07. The molecule has 0 aromatic heterocycles. The van der Waals surface area contributed by atoms with E-state index in [4.69, 9.17) is 9.47 Å². The van der Waals surface area contributed by atoms with Crippen molar-refractivity contribution >= 4 is 6.21 Å². The minimum atomic E-state index is -0.280. The summed E-state index contributed by atoms with van der Waals surface area (Å²) < 4.78 is 24.4. The fourth-order valence-electron chi connectivity index (χ4n) is 1.84. The van der Waals surface area contributed by atoms with Gasteiger partial charge < -0.3 is 14.7 Å².